The molecule has 0 aliphatic carbocycles. The number of H-pyrrole nitrogens is 1. The first kappa shape index (κ1) is 17.7. The molecule has 0 radical (unpaired) electrons. The third-order valence-corrected chi connectivity index (χ3v) is 6.05. The fourth-order valence-electron chi connectivity index (χ4n) is 3.53. The number of hydrogen-bond donors (Lipinski definition) is 1. The molecule has 2 aromatic carbocycles. The van der Waals surface area contributed by atoms with Gasteiger partial charge in [-0.1, -0.05) is 48.0 Å². The molecule has 0 saturated heterocycles. The summed E-state index contributed by atoms with van der Waals surface area (Å²) in [6.07, 6.45) is 1.96. The van der Waals surface area contributed by atoms with Crippen LogP contribution in [0.1, 0.15) is 5.56 Å². The fourth-order valence-corrected chi connectivity index (χ4v) is 4.34. The zero-order valence-corrected chi connectivity index (χ0v) is 16.8. The molecular weight excluding hydrogens is 398 g/mol. The Morgan fingerprint density at radius 2 is 1.79 bits per heavy atom. The average Bonchev–Trinajstić information content (AvgIpc) is 3.43. The lowest BCUT2D eigenvalue weighted by atomic mass is 9.95. The van der Waals surface area contributed by atoms with Crippen molar-refractivity contribution in [2.24, 2.45) is 0 Å². The number of hydrogen-bond acceptors (Lipinski definition) is 3. The quantitative estimate of drug-likeness (QED) is 0.342. The topological polar surface area (TPSA) is 52.5 Å². The minimum absolute atomic E-state index is 0.553. The Morgan fingerprint density at radius 1 is 0.966 bits per heavy atom. The molecule has 138 valence electrons. The van der Waals surface area contributed by atoms with E-state index in [-0.39, 0.29) is 0 Å². The highest BCUT2D eigenvalue weighted by molar-refractivity contribution is 7.13. The van der Waals surface area contributed by atoms with Gasteiger partial charge in [0.25, 0.3) is 0 Å². The molecule has 0 atom stereocenters. The number of nitrogens with one attached hydrogen (secondary N) is 1. The highest BCUT2D eigenvalue weighted by atomic mass is 35.5. The van der Waals surface area contributed by atoms with E-state index < -0.39 is 0 Å². The first-order chi connectivity index (χ1) is 14.2. The second-order valence-electron chi connectivity index (χ2n) is 6.62. The molecule has 0 unspecified atom stereocenters. The van der Waals surface area contributed by atoms with Gasteiger partial charge in [-0.3, -0.25) is 0 Å². The van der Waals surface area contributed by atoms with E-state index in [4.69, 9.17) is 16.6 Å². The van der Waals surface area contributed by atoms with Gasteiger partial charge in [0, 0.05) is 38.8 Å². The summed E-state index contributed by atoms with van der Waals surface area (Å²) < 4.78 is 0. The van der Waals surface area contributed by atoms with Gasteiger partial charge in [-0.15, -0.1) is 11.3 Å². The second kappa shape index (κ2) is 7.21. The van der Waals surface area contributed by atoms with Crippen LogP contribution in [0.3, 0.4) is 0 Å². The molecule has 0 amide bonds. The van der Waals surface area contributed by atoms with E-state index in [1.165, 1.54) is 0 Å². The van der Waals surface area contributed by atoms with Crippen LogP contribution in [0, 0.1) is 11.3 Å². The van der Waals surface area contributed by atoms with Gasteiger partial charge in [0.2, 0.25) is 0 Å². The molecule has 5 rings (SSSR count). The van der Waals surface area contributed by atoms with E-state index in [0.29, 0.717) is 16.3 Å². The molecule has 3 nitrogen and oxygen atoms in total. The molecule has 5 aromatic rings. The Hall–Kier alpha value is -3.39. The Labute approximate surface area is 176 Å². The van der Waals surface area contributed by atoms with Crippen LogP contribution in [-0.2, 0) is 0 Å². The van der Waals surface area contributed by atoms with Crippen LogP contribution in [0.25, 0.3) is 43.9 Å². The zero-order chi connectivity index (χ0) is 19.8. The number of fused-ring (bicyclic) bond motifs is 1. The largest absolute Gasteiger partial charge is 0.361 e. The number of benzene rings is 2. The number of nitrogens with zero attached hydrogens (tertiary/aromatic N) is 2. The summed E-state index contributed by atoms with van der Waals surface area (Å²) in [7, 11) is 0. The normalized spacial score (nSPS) is 10.9. The summed E-state index contributed by atoms with van der Waals surface area (Å²) in [6.45, 7) is 0. The van der Waals surface area contributed by atoms with Gasteiger partial charge in [0.15, 0.2) is 0 Å². The smallest absolute Gasteiger partial charge is 0.102 e. The van der Waals surface area contributed by atoms with Crippen LogP contribution >= 0.6 is 22.9 Å². The van der Waals surface area contributed by atoms with Crippen LogP contribution in [0.4, 0.5) is 0 Å². The molecule has 0 bridgehead atoms. The molecule has 0 aliphatic rings. The second-order valence-corrected chi connectivity index (χ2v) is 8.01. The fraction of sp³-hybridized carbons (Fsp3) is 0. The maximum absolute atomic E-state index is 10.1. The van der Waals surface area contributed by atoms with E-state index >= 15 is 0 Å². The number of halogens is 1. The number of pyridine rings is 1. The van der Waals surface area contributed by atoms with E-state index in [1.807, 2.05) is 72.2 Å². The highest BCUT2D eigenvalue weighted by Gasteiger charge is 2.19. The molecule has 5 heteroatoms. The minimum Gasteiger partial charge on any atom is -0.361 e. The van der Waals surface area contributed by atoms with Gasteiger partial charge in [0.1, 0.15) is 6.07 Å². The lowest BCUT2D eigenvalue weighted by Gasteiger charge is -2.12. The predicted octanol–water partition coefficient (Wildman–Crippen LogP) is 7.15. The highest BCUT2D eigenvalue weighted by Crippen LogP contribution is 2.38. The van der Waals surface area contributed by atoms with Gasteiger partial charge in [-0.05, 0) is 35.7 Å². The number of nitriles is 1. The van der Waals surface area contributed by atoms with Gasteiger partial charge >= 0.3 is 0 Å². The number of para-hydroxylation sites is 1. The Bertz CT molecular complexity index is 1360. The average molecular weight is 412 g/mol. The van der Waals surface area contributed by atoms with Gasteiger partial charge in [-0.25, -0.2) is 4.98 Å². The maximum atomic E-state index is 10.1. The molecule has 0 saturated carbocycles. The number of thiophene rings is 1. The Kier molecular flexibility index (Phi) is 4.40. The summed E-state index contributed by atoms with van der Waals surface area (Å²) in [5.74, 6) is 0. The van der Waals surface area contributed by atoms with Crippen molar-refractivity contribution >= 4 is 33.8 Å². The van der Waals surface area contributed by atoms with E-state index in [2.05, 4.69) is 17.1 Å². The van der Waals surface area contributed by atoms with Crippen molar-refractivity contribution in [1.82, 2.24) is 9.97 Å². The summed E-state index contributed by atoms with van der Waals surface area (Å²) in [5, 5.41) is 13.8. The van der Waals surface area contributed by atoms with Crippen molar-refractivity contribution in [3.63, 3.8) is 0 Å². The van der Waals surface area contributed by atoms with E-state index in [9.17, 15) is 5.26 Å². The van der Waals surface area contributed by atoms with Crippen molar-refractivity contribution in [3.05, 3.63) is 88.9 Å². The standard InChI is InChI=1S/C24H14ClN3S/c25-16-9-7-15(8-10-16)24-19(13-26)18(12-22(28-24)23-6-3-11-29-23)20-14-27-21-5-2-1-4-17(20)21/h1-12,14,27H. The molecule has 3 heterocycles. The molecule has 1 N–H and O–H groups in total. The third-order valence-electron chi connectivity index (χ3n) is 4.90. The SMILES string of the molecule is N#Cc1c(-c2c[nH]c3ccccc23)cc(-c2cccs2)nc1-c1ccc(Cl)cc1. The first-order valence-electron chi connectivity index (χ1n) is 9.06. The summed E-state index contributed by atoms with van der Waals surface area (Å²) >= 11 is 7.71. The van der Waals surface area contributed by atoms with E-state index in [1.54, 1.807) is 11.3 Å². The van der Waals surface area contributed by atoms with Crippen LogP contribution in [0.15, 0.2) is 78.3 Å². The van der Waals surface area contributed by atoms with Crippen molar-refractivity contribution in [2.45, 2.75) is 0 Å². The van der Waals surface area contributed by atoms with Crippen molar-refractivity contribution < 1.29 is 0 Å². The van der Waals surface area contributed by atoms with Crippen molar-refractivity contribution in [3.8, 4) is 39.0 Å². The number of aromatic nitrogens is 2. The molecule has 0 fully saturated rings. The number of aromatic amines is 1. The lowest BCUT2D eigenvalue weighted by molar-refractivity contribution is 1.31. The summed E-state index contributed by atoms with van der Waals surface area (Å²) in [5.41, 5.74) is 5.83. The zero-order valence-electron chi connectivity index (χ0n) is 15.2. The van der Waals surface area contributed by atoms with Crippen LogP contribution in [-0.4, -0.2) is 9.97 Å². The van der Waals surface area contributed by atoms with Crippen molar-refractivity contribution in [1.29, 1.82) is 5.26 Å². The molecule has 29 heavy (non-hydrogen) atoms. The summed E-state index contributed by atoms with van der Waals surface area (Å²) in [4.78, 5) is 9.25. The van der Waals surface area contributed by atoms with Crippen LogP contribution in [0.5, 0.6) is 0 Å². The Morgan fingerprint density at radius 3 is 2.55 bits per heavy atom. The summed E-state index contributed by atoms with van der Waals surface area (Å²) in [6, 6.07) is 24.0. The maximum Gasteiger partial charge on any atom is 0.102 e. The third kappa shape index (κ3) is 3.11. The van der Waals surface area contributed by atoms with Crippen molar-refractivity contribution in [2.75, 3.05) is 0 Å². The predicted molar refractivity (Wildman–Crippen MR) is 120 cm³/mol. The van der Waals surface area contributed by atoms with Gasteiger partial charge in [-0.2, -0.15) is 5.26 Å². The van der Waals surface area contributed by atoms with Gasteiger partial charge < -0.3 is 4.98 Å². The Balaban J connectivity index is 1.84. The minimum atomic E-state index is 0.553. The molecule has 3 aromatic heterocycles. The number of rotatable bonds is 3. The van der Waals surface area contributed by atoms with E-state index in [0.717, 1.165) is 38.2 Å². The van der Waals surface area contributed by atoms with Crippen LogP contribution in [0.2, 0.25) is 5.02 Å². The first-order valence-corrected chi connectivity index (χ1v) is 10.3. The molecular formula is C24H14ClN3S. The monoisotopic (exact) mass is 411 g/mol. The molecule has 0 spiro atoms. The van der Waals surface area contributed by atoms with Crippen LogP contribution < -0.4 is 0 Å². The van der Waals surface area contributed by atoms with Gasteiger partial charge in [0.05, 0.1) is 21.8 Å². The molecule has 0 aliphatic heterocycles. The lowest BCUT2D eigenvalue weighted by Crippen LogP contribution is -1.96.